The third kappa shape index (κ3) is 2.34. The van der Waals surface area contributed by atoms with Crippen molar-refractivity contribution in [3.63, 3.8) is 0 Å². The Morgan fingerprint density at radius 3 is 2.62 bits per heavy atom. The van der Waals surface area contributed by atoms with Crippen LogP contribution in [0.15, 0.2) is 12.4 Å². The van der Waals surface area contributed by atoms with Gasteiger partial charge in [0.2, 0.25) is 5.95 Å². The summed E-state index contributed by atoms with van der Waals surface area (Å²) in [7, 11) is 0. The van der Waals surface area contributed by atoms with Gasteiger partial charge in [-0.3, -0.25) is 0 Å². The number of rotatable bonds is 3. The van der Waals surface area contributed by atoms with Gasteiger partial charge in [-0.25, -0.2) is 9.97 Å². The van der Waals surface area contributed by atoms with Crippen LogP contribution >= 0.6 is 0 Å². The van der Waals surface area contributed by atoms with Gasteiger partial charge in [-0.15, -0.1) is 6.42 Å². The van der Waals surface area contributed by atoms with Crippen LogP contribution in [0.3, 0.4) is 0 Å². The minimum Gasteiger partial charge on any atom is -0.396 e. The van der Waals surface area contributed by atoms with E-state index in [0.717, 1.165) is 6.54 Å². The standard InChI is InChI=1S/C9H12N4/c1-3-5-13(4-2)9-11-6-8(10)7-12-9/h1,6-7H,4-5,10H2,2H3. The van der Waals surface area contributed by atoms with Crippen LogP contribution in [0.2, 0.25) is 0 Å². The fourth-order valence-electron chi connectivity index (χ4n) is 0.929. The second-order valence-corrected chi connectivity index (χ2v) is 2.53. The predicted octanol–water partition coefficient (Wildman–Crippen LogP) is 0.518. The highest BCUT2D eigenvalue weighted by molar-refractivity contribution is 5.38. The van der Waals surface area contributed by atoms with Gasteiger partial charge in [0.25, 0.3) is 0 Å². The molecule has 68 valence electrons. The Kier molecular flexibility index (Phi) is 3.09. The number of aromatic nitrogens is 2. The predicted molar refractivity (Wildman–Crippen MR) is 53.2 cm³/mol. The topological polar surface area (TPSA) is 55.0 Å². The number of nitrogens with zero attached hydrogens (tertiary/aromatic N) is 3. The van der Waals surface area contributed by atoms with E-state index >= 15 is 0 Å². The summed E-state index contributed by atoms with van der Waals surface area (Å²) in [4.78, 5) is 10.0. The zero-order chi connectivity index (χ0) is 9.68. The molecule has 0 aliphatic rings. The van der Waals surface area contributed by atoms with Crippen molar-refractivity contribution in [1.29, 1.82) is 0 Å². The lowest BCUT2D eigenvalue weighted by Gasteiger charge is -2.16. The van der Waals surface area contributed by atoms with E-state index < -0.39 is 0 Å². The summed E-state index contributed by atoms with van der Waals surface area (Å²) in [6, 6.07) is 0. The molecule has 0 aliphatic carbocycles. The summed E-state index contributed by atoms with van der Waals surface area (Å²) in [5.41, 5.74) is 6.01. The zero-order valence-electron chi connectivity index (χ0n) is 7.57. The second kappa shape index (κ2) is 4.31. The molecule has 4 heteroatoms. The van der Waals surface area contributed by atoms with Crippen LogP contribution in [0, 0.1) is 12.3 Å². The molecule has 0 spiro atoms. The first-order chi connectivity index (χ1) is 6.27. The molecule has 1 aromatic heterocycles. The lowest BCUT2D eigenvalue weighted by molar-refractivity contribution is 0.863. The number of hydrogen-bond acceptors (Lipinski definition) is 4. The minimum absolute atomic E-state index is 0.514. The van der Waals surface area contributed by atoms with Gasteiger partial charge in [-0.2, -0.15) is 0 Å². The van der Waals surface area contributed by atoms with E-state index in [1.54, 1.807) is 12.4 Å². The molecule has 0 aromatic carbocycles. The van der Waals surface area contributed by atoms with Gasteiger partial charge in [-0.1, -0.05) is 5.92 Å². The molecule has 1 heterocycles. The van der Waals surface area contributed by atoms with Crippen molar-refractivity contribution in [1.82, 2.24) is 9.97 Å². The van der Waals surface area contributed by atoms with Crippen molar-refractivity contribution < 1.29 is 0 Å². The molecule has 0 bridgehead atoms. The molecule has 0 saturated carbocycles. The molecule has 0 radical (unpaired) electrons. The summed E-state index contributed by atoms with van der Waals surface area (Å²) in [6.07, 6.45) is 8.34. The zero-order valence-corrected chi connectivity index (χ0v) is 7.57. The highest BCUT2D eigenvalue weighted by Crippen LogP contribution is 2.06. The lowest BCUT2D eigenvalue weighted by Crippen LogP contribution is -2.24. The molecule has 1 aromatic rings. The first-order valence-corrected chi connectivity index (χ1v) is 4.04. The summed E-state index contributed by atoms with van der Waals surface area (Å²) in [5.74, 6) is 3.17. The van der Waals surface area contributed by atoms with Crippen LogP contribution < -0.4 is 10.6 Å². The second-order valence-electron chi connectivity index (χ2n) is 2.53. The molecule has 4 nitrogen and oxygen atoms in total. The Balaban J connectivity index is 2.80. The molecular weight excluding hydrogens is 164 g/mol. The maximum absolute atomic E-state index is 5.46. The van der Waals surface area contributed by atoms with Crippen LogP contribution in [-0.4, -0.2) is 23.1 Å². The monoisotopic (exact) mass is 176 g/mol. The third-order valence-corrected chi connectivity index (χ3v) is 1.60. The van der Waals surface area contributed by atoms with Crippen molar-refractivity contribution in [2.75, 3.05) is 23.7 Å². The summed E-state index contributed by atoms with van der Waals surface area (Å²) < 4.78 is 0. The number of hydrogen-bond donors (Lipinski definition) is 1. The first kappa shape index (κ1) is 9.33. The summed E-state index contributed by atoms with van der Waals surface area (Å²) in [6.45, 7) is 3.30. The van der Waals surface area contributed by atoms with E-state index in [-0.39, 0.29) is 0 Å². The van der Waals surface area contributed by atoms with Crippen LogP contribution in [0.1, 0.15) is 6.92 Å². The van der Waals surface area contributed by atoms with Crippen molar-refractivity contribution >= 4 is 11.6 Å². The van der Waals surface area contributed by atoms with Gasteiger partial charge in [0.15, 0.2) is 0 Å². The quantitative estimate of drug-likeness (QED) is 0.682. The Bertz CT molecular complexity index is 298. The van der Waals surface area contributed by atoms with E-state index in [4.69, 9.17) is 12.2 Å². The van der Waals surface area contributed by atoms with Crippen LogP contribution in [-0.2, 0) is 0 Å². The van der Waals surface area contributed by atoms with Crippen LogP contribution in [0.5, 0.6) is 0 Å². The van der Waals surface area contributed by atoms with Gasteiger partial charge in [0.05, 0.1) is 24.6 Å². The number of nitrogens with two attached hydrogens (primary N) is 1. The fraction of sp³-hybridized carbons (Fsp3) is 0.333. The molecule has 0 amide bonds. The largest absolute Gasteiger partial charge is 0.396 e. The highest BCUT2D eigenvalue weighted by Gasteiger charge is 2.04. The van der Waals surface area contributed by atoms with Crippen molar-refractivity contribution in [2.45, 2.75) is 6.92 Å². The molecule has 13 heavy (non-hydrogen) atoms. The molecule has 2 N–H and O–H groups in total. The van der Waals surface area contributed by atoms with Gasteiger partial charge in [-0.05, 0) is 6.92 Å². The lowest BCUT2D eigenvalue weighted by atomic mass is 10.5. The molecule has 0 aliphatic heterocycles. The van der Waals surface area contributed by atoms with Crippen molar-refractivity contribution in [2.24, 2.45) is 0 Å². The van der Waals surface area contributed by atoms with Crippen molar-refractivity contribution in [3.05, 3.63) is 12.4 Å². The molecule has 0 saturated heterocycles. The Labute approximate surface area is 77.8 Å². The fourth-order valence-corrected chi connectivity index (χ4v) is 0.929. The highest BCUT2D eigenvalue weighted by atomic mass is 15.2. The maximum atomic E-state index is 5.46. The number of anilines is 2. The smallest absolute Gasteiger partial charge is 0.226 e. The maximum Gasteiger partial charge on any atom is 0.226 e. The van der Waals surface area contributed by atoms with Crippen LogP contribution in [0.4, 0.5) is 11.6 Å². The molecular formula is C9H12N4. The normalized spacial score (nSPS) is 9.23. The van der Waals surface area contributed by atoms with Crippen LogP contribution in [0.25, 0.3) is 0 Å². The van der Waals surface area contributed by atoms with Crippen molar-refractivity contribution in [3.8, 4) is 12.3 Å². The molecule has 0 unspecified atom stereocenters. The van der Waals surface area contributed by atoms with Gasteiger partial charge < -0.3 is 10.6 Å². The average Bonchev–Trinajstić information content (AvgIpc) is 2.16. The SMILES string of the molecule is C#CCN(CC)c1ncc(N)cn1. The van der Waals surface area contributed by atoms with Gasteiger partial charge >= 0.3 is 0 Å². The number of nitrogen functional groups attached to an aromatic ring is 1. The third-order valence-electron chi connectivity index (χ3n) is 1.60. The first-order valence-electron chi connectivity index (χ1n) is 4.04. The van der Waals surface area contributed by atoms with Gasteiger partial charge in [0, 0.05) is 6.54 Å². The minimum atomic E-state index is 0.514. The molecule has 0 atom stereocenters. The van der Waals surface area contributed by atoms with E-state index in [2.05, 4.69) is 15.9 Å². The Morgan fingerprint density at radius 2 is 2.15 bits per heavy atom. The van der Waals surface area contributed by atoms with Gasteiger partial charge in [0.1, 0.15) is 0 Å². The number of terminal acetylenes is 1. The molecule has 1 rings (SSSR count). The average molecular weight is 176 g/mol. The molecule has 0 fully saturated rings. The van der Waals surface area contributed by atoms with E-state index in [1.807, 2.05) is 11.8 Å². The summed E-state index contributed by atoms with van der Waals surface area (Å²) >= 11 is 0. The summed E-state index contributed by atoms with van der Waals surface area (Å²) in [5, 5.41) is 0. The van der Waals surface area contributed by atoms with E-state index in [0.29, 0.717) is 18.2 Å². The van der Waals surface area contributed by atoms with E-state index in [1.165, 1.54) is 0 Å². The Hall–Kier alpha value is -1.76. The van der Waals surface area contributed by atoms with E-state index in [9.17, 15) is 0 Å². The Morgan fingerprint density at radius 1 is 1.54 bits per heavy atom.